The van der Waals surface area contributed by atoms with E-state index in [1.54, 1.807) is 25.4 Å². The lowest BCUT2D eigenvalue weighted by Gasteiger charge is -2.33. The average molecular weight is 394 g/mol. The number of hydrogen-bond acceptors (Lipinski definition) is 4. The maximum Gasteiger partial charge on any atom is 0.419 e. The van der Waals surface area contributed by atoms with Crippen LogP contribution >= 0.6 is 0 Å². The van der Waals surface area contributed by atoms with E-state index in [4.69, 9.17) is 0 Å². The van der Waals surface area contributed by atoms with Crippen LogP contribution in [0.2, 0.25) is 0 Å². The number of fused-ring (bicyclic) bond motifs is 1. The molecule has 0 saturated carbocycles. The molecule has 7 nitrogen and oxygen atoms in total. The molecule has 1 atom stereocenters. The van der Waals surface area contributed by atoms with Crippen LogP contribution in [-0.2, 0) is 19.1 Å². The first-order valence-corrected chi connectivity index (χ1v) is 8.38. The molecule has 0 spiro atoms. The number of alkyl halides is 3. The van der Waals surface area contributed by atoms with Gasteiger partial charge < -0.3 is 4.90 Å². The molecule has 0 fully saturated rings. The fraction of sp³-hybridized carbons (Fsp3) is 0.294. The van der Waals surface area contributed by atoms with Crippen LogP contribution in [0.15, 0.2) is 36.7 Å². The number of carbonyl (C=O) groups is 1. The first-order chi connectivity index (χ1) is 13.3. The SMILES string of the molecule is CC1Cc2c(nnn2-n2cccn2)CN1C(=O)c1cccc(C(F)(F)F)c1F. The Labute approximate surface area is 156 Å². The highest BCUT2D eigenvalue weighted by Crippen LogP contribution is 2.33. The van der Waals surface area contributed by atoms with Gasteiger partial charge in [0.1, 0.15) is 11.5 Å². The lowest BCUT2D eigenvalue weighted by atomic mass is 10.0. The topological polar surface area (TPSA) is 68.8 Å². The Balaban J connectivity index is 1.66. The van der Waals surface area contributed by atoms with Gasteiger partial charge in [0.05, 0.1) is 35.8 Å². The Morgan fingerprint density at radius 3 is 2.71 bits per heavy atom. The zero-order valence-electron chi connectivity index (χ0n) is 14.6. The van der Waals surface area contributed by atoms with Crippen molar-refractivity contribution in [1.29, 1.82) is 0 Å². The Bertz CT molecular complexity index is 1030. The molecule has 3 heterocycles. The Morgan fingerprint density at radius 2 is 2.04 bits per heavy atom. The molecule has 0 aliphatic carbocycles. The van der Waals surface area contributed by atoms with Crippen LogP contribution in [0, 0.1) is 5.82 Å². The summed E-state index contributed by atoms with van der Waals surface area (Å²) in [7, 11) is 0. The van der Waals surface area contributed by atoms with Crippen LogP contribution in [0.25, 0.3) is 0 Å². The Morgan fingerprint density at radius 1 is 1.25 bits per heavy atom. The third-order valence-corrected chi connectivity index (χ3v) is 4.65. The van der Waals surface area contributed by atoms with Gasteiger partial charge in [-0.05, 0) is 30.3 Å². The molecule has 1 amide bonds. The minimum atomic E-state index is -4.88. The van der Waals surface area contributed by atoms with Gasteiger partial charge in [0.25, 0.3) is 5.91 Å². The molecule has 0 bridgehead atoms. The average Bonchev–Trinajstić information content (AvgIpc) is 3.28. The molecule has 28 heavy (non-hydrogen) atoms. The van der Waals surface area contributed by atoms with Crippen molar-refractivity contribution in [2.45, 2.75) is 32.1 Å². The van der Waals surface area contributed by atoms with Crippen molar-refractivity contribution < 1.29 is 22.4 Å². The number of nitrogens with zero attached hydrogens (tertiary/aromatic N) is 6. The molecular formula is C17H14F4N6O. The van der Waals surface area contributed by atoms with Crippen molar-refractivity contribution in [3.05, 3.63) is 65.0 Å². The highest BCUT2D eigenvalue weighted by atomic mass is 19.4. The van der Waals surface area contributed by atoms with Gasteiger partial charge in [-0.1, -0.05) is 6.07 Å². The first-order valence-electron chi connectivity index (χ1n) is 8.38. The molecule has 2 aromatic heterocycles. The number of carbonyl (C=O) groups excluding carboxylic acids is 1. The van der Waals surface area contributed by atoms with Crippen molar-refractivity contribution in [2.24, 2.45) is 0 Å². The third-order valence-electron chi connectivity index (χ3n) is 4.65. The van der Waals surface area contributed by atoms with Crippen LogP contribution < -0.4 is 0 Å². The van der Waals surface area contributed by atoms with E-state index >= 15 is 0 Å². The van der Waals surface area contributed by atoms with Gasteiger partial charge in [0.2, 0.25) is 0 Å². The summed E-state index contributed by atoms with van der Waals surface area (Å²) < 4.78 is 53.2. The molecule has 1 unspecified atom stereocenters. The fourth-order valence-corrected chi connectivity index (χ4v) is 3.23. The van der Waals surface area contributed by atoms with E-state index in [1.165, 1.54) is 14.5 Å². The number of benzene rings is 1. The summed E-state index contributed by atoms with van der Waals surface area (Å²) in [6, 6.07) is 4.00. The lowest BCUT2D eigenvalue weighted by Crippen LogP contribution is -2.43. The summed E-state index contributed by atoms with van der Waals surface area (Å²) in [4.78, 5) is 17.1. The smallest absolute Gasteiger partial charge is 0.329 e. The number of halogens is 4. The first kappa shape index (κ1) is 18.1. The molecule has 4 rings (SSSR count). The molecule has 11 heteroatoms. The number of amides is 1. The van der Waals surface area contributed by atoms with E-state index in [0.29, 0.717) is 18.2 Å². The zero-order valence-corrected chi connectivity index (χ0v) is 14.6. The van der Waals surface area contributed by atoms with Crippen LogP contribution in [0.4, 0.5) is 17.6 Å². The molecule has 0 N–H and O–H groups in total. The summed E-state index contributed by atoms with van der Waals surface area (Å²) in [5, 5.41) is 12.1. The summed E-state index contributed by atoms with van der Waals surface area (Å²) in [5.74, 6) is -2.39. The van der Waals surface area contributed by atoms with Crippen LogP contribution in [0.3, 0.4) is 0 Å². The van der Waals surface area contributed by atoms with Crippen molar-refractivity contribution >= 4 is 5.91 Å². The Hall–Kier alpha value is -3.24. The minimum absolute atomic E-state index is 0.00624. The van der Waals surface area contributed by atoms with Crippen LogP contribution in [0.5, 0.6) is 0 Å². The van der Waals surface area contributed by atoms with Gasteiger partial charge in [-0.3, -0.25) is 4.79 Å². The van der Waals surface area contributed by atoms with Crippen LogP contribution in [0.1, 0.15) is 34.2 Å². The fourth-order valence-electron chi connectivity index (χ4n) is 3.23. The third kappa shape index (κ3) is 2.92. The highest BCUT2D eigenvalue weighted by molar-refractivity contribution is 5.95. The summed E-state index contributed by atoms with van der Waals surface area (Å²) in [6.45, 7) is 1.74. The summed E-state index contributed by atoms with van der Waals surface area (Å²) in [5.41, 5.74) is -0.878. The number of hydrogen-bond donors (Lipinski definition) is 0. The van der Waals surface area contributed by atoms with Crippen molar-refractivity contribution in [3.8, 4) is 0 Å². The quantitative estimate of drug-likeness (QED) is 0.627. The summed E-state index contributed by atoms with van der Waals surface area (Å²) in [6.07, 6.45) is -1.29. The van der Waals surface area contributed by atoms with E-state index in [1.807, 2.05) is 0 Å². The van der Waals surface area contributed by atoms with Gasteiger partial charge in [-0.25, -0.2) is 4.39 Å². The van der Waals surface area contributed by atoms with Crippen molar-refractivity contribution in [1.82, 2.24) is 29.9 Å². The van der Waals surface area contributed by atoms with Crippen molar-refractivity contribution in [3.63, 3.8) is 0 Å². The summed E-state index contributed by atoms with van der Waals surface area (Å²) >= 11 is 0. The largest absolute Gasteiger partial charge is 0.419 e. The van der Waals surface area contributed by atoms with Gasteiger partial charge >= 0.3 is 6.18 Å². The molecule has 1 aromatic carbocycles. The second kappa shape index (κ2) is 6.43. The minimum Gasteiger partial charge on any atom is -0.329 e. The zero-order chi connectivity index (χ0) is 20.1. The molecular weight excluding hydrogens is 380 g/mol. The number of aromatic nitrogens is 5. The van der Waals surface area contributed by atoms with Crippen LogP contribution in [-0.4, -0.2) is 41.8 Å². The maximum atomic E-state index is 14.4. The molecule has 0 saturated heterocycles. The predicted molar refractivity (Wildman–Crippen MR) is 87.5 cm³/mol. The van der Waals surface area contributed by atoms with E-state index in [0.717, 1.165) is 17.8 Å². The van der Waals surface area contributed by atoms with Gasteiger partial charge in [-0.15, -0.1) is 9.89 Å². The predicted octanol–water partition coefficient (Wildman–Crippen LogP) is 2.53. The van der Waals surface area contributed by atoms with Crippen molar-refractivity contribution in [2.75, 3.05) is 0 Å². The number of rotatable bonds is 2. The molecule has 3 aromatic rings. The monoisotopic (exact) mass is 394 g/mol. The van der Waals surface area contributed by atoms with E-state index in [-0.39, 0.29) is 6.54 Å². The maximum absolute atomic E-state index is 14.4. The standard InChI is InChI=1S/C17H14F4N6O/c1-10-8-14-13(23-24-27(14)26-7-3-6-22-26)9-25(10)16(28)11-4-2-5-12(15(11)18)17(19,20)21/h2-7,10H,8-9H2,1H3. The van der Waals surface area contributed by atoms with Gasteiger partial charge in [0, 0.05) is 12.5 Å². The van der Waals surface area contributed by atoms with Gasteiger partial charge in [0.15, 0.2) is 0 Å². The normalized spacial score (nSPS) is 16.9. The lowest BCUT2D eigenvalue weighted by molar-refractivity contribution is -0.140. The molecule has 1 aliphatic rings. The highest BCUT2D eigenvalue weighted by Gasteiger charge is 2.38. The second-order valence-electron chi connectivity index (χ2n) is 6.45. The van der Waals surface area contributed by atoms with E-state index in [9.17, 15) is 22.4 Å². The van der Waals surface area contributed by atoms with Gasteiger partial charge in [-0.2, -0.15) is 23.1 Å². The second-order valence-corrected chi connectivity index (χ2v) is 6.45. The van der Waals surface area contributed by atoms with E-state index in [2.05, 4.69) is 15.4 Å². The Kier molecular flexibility index (Phi) is 4.16. The molecule has 146 valence electrons. The van der Waals surface area contributed by atoms with E-state index < -0.39 is 35.1 Å². The molecule has 0 radical (unpaired) electrons. The molecule has 1 aliphatic heterocycles.